The predicted molar refractivity (Wildman–Crippen MR) is 39.4 cm³/mol. The summed E-state index contributed by atoms with van der Waals surface area (Å²) in [5.74, 6) is 0. The number of nitrogens with zero attached hydrogens (tertiary/aromatic N) is 1. The van der Waals surface area contributed by atoms with Crippen LogP contribution in [0.25, 0.3) is 0 Å². The van der Waals surface area contributed by atoms with Crippen molar-refractivity contribution in [1.82, 2.24) is 4.81 Å². The quantitative estimate of drug-likeness (QED) is 0.484. The van der Waals surface area contributed by atoms with E-state index in [1.807, 2.05) is 0 Å². The van der Waals surface area contributed by atoms with E-state index in [4.69, 9.17) is 4.65 Å². The summed E-state index contributed by atoms with van der Waals surface area (Å²) in [6, 6.07) is 0. The average Bonchev–Trinajstić information content (AvgIpc) is 1.89. The van der Waals surface area contributed by atoms with Crippen molar-refractivity contribution < 1.29 is 4.65 Å². The van der Waals surface area contributed by atoms with E-state index in [-0.39, 0.29) is 0 Å². The van der Waals surface area contributed by atoms with Crippen LogP contribution in [0.1, 0.15) is 12.8 Å². The smallest absolute Gasteiger partial charge is 0.382 e. The maximum absolute atomic E-state index is 5.23. The molecule has 0 aliphatic carbocycles. The molecular formula is C6H14BNO. The highest BCUT2D eigenvalue weighted by Crippen LogP contribution is 2.12. The zero-order valence-corrected chi connectivity index (χ0v) is 6.26. The molecule has 1 heterocycles. The Morgan fingerprint density at radius 3 is 2.67 bits per heavy atom. The van der Waals surface area contributed by atoms with E-state index >= 15 is 0 Å². The van der Waals surface area contributed by atoms with Gasteiger partial charge in [-0.05, 0) is 26.3 Å². The number of hydrogen-bond acceptors (Lipinski definition) is 2. The van der Waals surface area contributed by atoms with Gasteiger partial charge in [0.2, 0.25) is 0 Å². The van der Waals surface area contributed by atoms with Gasteiger partial charge in [-0.3, -0.25) is 0 Å². The molecule has 3 heteroatoms. The molecule has 1 aliphatic heterocycles. The van der Waals surface area contributed by atoms with Crippen LogP contribution in [0.2, 0.25) is 6.32 Å². The van der Waals surface area contributed by atoms with Crippen molar-refractivity contribution in [3.63, 3.8) is 0 Å². The van der Waals surface area contributed by atoms with Gasteiger partial charge in [-0.2, -0.15) is 0 Å². The SMILES string of the molecule is COB1CCCCN1C. The molecule has 0 spiro atoms. The van der Waals surface area contributed by atoms with Crippen LogP contribution in [0.15, 0.2) is 0 Å². The van der Waals surface area contributed by atoms with Crippen molar-refractivity contribution >= 4 is 7.05 Å². The third-order valence-electron chi connectivity index (χ3n) is 1.98. The normalized spacial score (nSPS) is 22.7. The Hall–Kier alpha value is -0.0151. The fourth-order valence-electron chi connectivity index (χ4n) is 1.34. The zero-order chi connectivity index (χ0) is 6.69. The third kappa shape index (κ3) is 1.70. The molecule has 1 rings (SSSR count). The van der Waals surface area contributed by atoms with E-state index in [1.165, 1.54) is 25.7 Å². The molecule has 1 saturated heterocycles. The molecule has 9 heavy (non-hydrogen) atoms. The van der Waals surface area contributed by atoms with Crippen LogP contribution in [0.3, 0.4) is 0 Å². The van der Waals surface area contributed by atoms with Crippen LogP contribution in [0.5, 0.6) is 0 Å². The van der Waals surface area contributed by atoms with Gasteiger partial charge in [-0.25, -0.2) is 0 Å². The van der Waals surface area contributed by atoms with E-state index in [2.05, 4.69) is 11.9 Å². The van der Waals surface area contributed by atoms with Gasteiger partial charge in [0, 0.05) is 7.11 Å². The molecule has 0 atom stereocenters. The fourth-order valence-corrected chi connectivity index (χ4v) is 1.34. The lowest BCUT2D eigenvalue weighted by Crippen LogP contribution is -2.41. The molecule has 0 N–H and O–H groups in total. The fraction of sp³-hybridized carbons (Fsp3) is 1.00. The monoisotopic (exact) mass is 127 g/mol. The van der Waals surface area contributed by atoms with Crippen LogP contribution in [-0.2, 0) is 4.65 Å². The molecule has 1 aliphatic rings. The van der Waals surface area contributed by atoms with Gasteiger partial charge in [0.1, 0.15) is 0 Å². The first-order valence-corrected chi connectivity index (χ1v) is 3.57. The minimum absolute atomic E-state index is 0.388. The summed E-state index contributed by atoms with van der Waals surface area (Å²) in [7, 11) is 4.29. The largest absolute Gasteiger partial charge is 0.424 e. The first-order valence-electron chi connectivity index (χ1n) is 3.57. The molecular weight excluding hydrogens is 113 g/mol. The second-order valence-electron chi connectivity index (χ2n) is 2.67. The predicted octanol–water partition coefficient (Wildman–Crippen LogP) is 0.847. The van der Waals surface area contributed by atoms with Crippen LogP contribution in [0, 0.1) is 0 Å². The standard InChI is InChI=1S/C6H14BNO/c1-8-6-4-3-5-7(8)9-2/h3-6H2,1-2H3. The zero-order valence-electron chi connectivity index (χ0n) is 6.26. The highest BCUT2D eigenvalue weighted by Gasteiger charge is 2.23. The van der Waals surface area contributed by atoms with E-state index in [0.29, 0.717) is 7.05 Å². The molecule has 0 aromatic heterocycles. The minimum atomic E-state index is 0.388. The molecule has 0 saturated carbocycles. The van der Waals surface area contributed by atoms with Crippen molar-refractivity contribution in [1.29, 1.82) is 0 Å². The van der Waals surface area contributed by atoms with Crippen molar-refractivity contribution in [2.24, 2.45) is 0 Å². The van der Waals surface area contributed by atoms with Crippen LogP contribution < -0.4 is 0 Å². The Morgan fingerprint density at radius 2 is 2.22 bits per heavy atom. The lowest BCUT2D eigenvalue weighted by atomic mass is 9.71. The maximum Gasteiger partial charge on any atom is 0.382 e. The highest BCUT2D eigenvalue weighted by molar-refractivity contribution is 6.48. The van der Waals surface area contributed by atoms with Gasteiger partial charge < -0.3 is 9.47 Å². The van der Waals surface area contributed by atoms with Gasteiger partial charge in [0.15, 0.2) is 0 Å². The Bertz CT molecular complexity index is 89.1. The van der Waals surface area contributed by atoms with Crippen LogP contribution in [-0.4, -0.2) is 32.6 Å². The van der Waals surface area contributed by atoms with Crippen LogP contribution in [0.4, 0.5) is 0 Å². The third-order valence-corrected chi connectivity index (χ3v) is 1.98. The summed E-state index contributed by atoms with van der Waals surface area (Å²) in [5.41, 5.74) is 0. The molecule has 0 bridgehead atoms. The Labute approximate surface area is 57.3 Å². The van der Waals surface area contributed by atoms with Gasteiger partial charge in [-0.15, -0.1) is 0 Å². The second kappa shape index (κ2) is 3.23. The first kappa shape index (κ1) is 7.10. The molecule has 0 radical (unpaired) electrons. The highest BCUT2D eigenvalue weighted by atomic mass is 16.4. The minimum Gasteiger partial charge on any atom is -0.424 e. The second-order valence-corrected chi connectivity index (χ2v) is 2.67. The summed E-state index contributed by atoms with van der Waals surface area (Å²) in [5, 5.41) is 0. The van der Waals surface area contributed by atoms with Gasteiger partial charge in [0.05, 0.1) is 0 Å². The van der Waals surface area contributed by atoms with Crippen LogP contribution >= 0.6 is 0 Å². The summed E-state index contributed by atoms with van der Waals surface area (Å²) in [6.45, 7) is 1.19. The summed E-state index contributed by atoms with van der Waals surface area (Å²) in [4.78, 5) is 2.27. The van der Waals surface area contributed by atoms with Gasteiger partial charge in [-0.1, -0.05) is 6.42 Å². The maximum atomic E-state index is 5.23. The molecule has 0 aromatic carbocycles. The first-order chi connectivity index (χ1) is 4.34. The Balaban J connectivity index is 2.30. The lowest BCUT2D eigenvalue weighted by Gasteiger charge is -2.27. The number of hydrogen-bond donors (Lipinski definition) is 0. The van der Waals surface area contributed by atoms with Crippen molar-refractivity contribution in [3.8, 4) is 0 Å². The van der Waals surface area contributed by atoms with E-state index in [0.717, 1.165) is 0 Å². The molecule has 2 nitrogen and oxygen atoms in total. The van der Waals surface area contributed by atoms with Crippen molar-refractivity contribution in [3.05, 3.63) is 0 Å². The number of rotatable bonds is 1. The van der Waals surface area contributed by atoms with Gasteiger partial charge in [0.25, 0.3) is 0 Å². The van der Waals surface area contributed by atoms with E-state index in [1.54, 1.807) is 7.11 Å². The van der Waals surface area contributed by atoms with Gasteiger partial charge >= 0.3 is 7.05 Å². The molecule has 0 aromatic rings. The summed E-state index contributed by atoms with van der Waals surface area (Å²) >= 11 is 0. The van der Waals surface area contributed by atoms with E-state index < -0.39 is 0 Å². The average molecular weight is 127 g/mol. The topological polar surface area (TPSA) is 12.5 Å². The van der Waals surface area contributed by atoms with Crippen molar-refractivity contribution in [2.75, 3.05) is 20.7 Å². The Morgan fingerprint density at radius 1 is 1.44 bits per heavy atom. The molecule has 1 fully saturated rings. The summed E-state index contributed by atoms with van der Waals surface area (Å²) < 4.78 is 5.23. The summed E-state index contributed by atoms with van der Waals surface area (Å²) in [6.07, 6.45) is 3.85. The molecule has 0 unspecified atom stereocenters. The molecule has 0 amide bonds. The lowest BCUT2D eigenvalue weighted by molar-refractivity contribution is 0.317. The van der Waals surface area contributed by atoms with Crippen molar-refractivity contribution in [2.45, 2.75) is 19.2 Å². The Kier molecular flexibility index (Phi) is 2.55. The van der Waals surface area contributed by atoms with E-state index in [9.17, 15) is 0 Å². The molecule has 52 valence electrons.